The molecule has 1 aliphatic heterocycles. The van der Waals surface area contributed by atoms with Crippen LogP contribution in [0.15, 0.2) is 35.3 Å². The molecule has 0 radical (unpaired) electrons. The molecule has 1 atom stereocenters. The molecule has 1 fully saturated rings. The quantitative estimate of drug-likeness (QED) is 0.627. The van der Waals surface area contributed by atoms with E-state index in [0.717, 1.165) is 24.6 Å². The van der Waals surface area contributed by atoms with Crippen LogP contribution >= 0.6 is 0 Å². The summed E-state index contributed by atoms with van der Waals surface area (Å²) in [4.78, 5) is 17.5. The topological polar surface area (TPSA) is 75.2 Å². The van der Waals surface area contributed by atoms with Gasteiger partial charge in [0.05, 0.1) is 13.7 Å². The number of methoxy groups -OCH3 is 1. The summed E-state index contributed by atoms with van der Waals surface area (Å²) >= 11 is 0. The highest BCUT2D eigenvalue weighted by molar-refractivity contribution is 5.80. The molecule has 1 unspecified atom stereocenters. The van der Waals surface area contributed by atoms with Crippen LogP contribution in [0.5, 0.6) is 5.75 Å². The Morgan fingerprint density at radius 1 is 1.32 bits per heavy atom. The zero-order valence-corrected chi connectivity index (χ0v) is 15.2. The van der Waals surface area contributed by atoms with Crippen LogP contribution in [-0.4, -0.2) is 62.9 Å². The first-order valence-corrected chi connectivity index (χ1v) is 8.64. The first-order valence-electron chi connectivity index (χ1n) is 8.64. The molecule has 138 valence electrons. The van der Waals surface area contributed by atoms with Crippen LogP contribution in [0.3, 0.4) is 0 Å². The third-order valence-corrected chi connectivity index (χ3v) is 4.13. The number of likely N-dealkylation sites (tertiary alicyclic amines) is 1. The Morgan fingerprint density at radius 3 is 2.60 bits per heavy atom. The van der Waals surface area contributed by atoms with Crippen molar-refractivity contribution < 1.29 is 14.3 Å². The van der Waals surface area contributed by atoms with Gasteiger partial charge in [-0.25, -0.2) is 4.79 Å². The second-order valence-corrected chi connectivity index (χ2v) is 6.07. The molecular formula is C18H28N4O3. The van der Waals surface area contributed by atoms with E-state index in [4.69, 9.17) is 9.47 Å². The highest BCUT2D eigenvalue weighted by Gasteiger charge is 2.23. The standard InChI is InChI=1S/C18H28N4O3/c1-14(25-16-7-5-4-6-8-16)13-20-17(19-2)21-15-9-11-22(12-10-15)18(23)24-3/h4-8,14-15H,9-13H2,1-3H3,(H2,19,20,21). The summed E-state index contributed by atoms with van der Waals surface area (Å²) in [5, 5.41) is 6.70. The van der Waals surface area contributed by atoms with E-state index in [1.165, 1.54) is 7.11 Å². The molecule has 1 amide bonds. The number of carbonyl (C=O) groups is 1. The molecule has 0 aromatic heterocycles. The van der Waals surface area contributed by atoms with Crippen LogP contribution in [0.4, 0.5) is 4.79 Å². The monoisotopic (exact) mass is 348 g/mol. The molecule has 0 bridgehead atoms. The lowest BCUT2D eigenvalue weighted by atomic mass is 10.1. The molecule has 0 aliphatic carbocycles. The van der Waals surface area contributed by atoms with Gasteiger partial charge in [-0.1, -0.05) is 18.2 Å². The number of ether oxygens (including phenoxy) is 2. The Hall–Kier alpha value is -2.44. The van der Waals surface area contributed by atoms with Crippen LogP contribution in [-0.2, 0) is 4.74 Å². The highest BCUT2D eigenvalue weighted by Crippen LogP contribution is 2.12. The van der Waals surface area contributed by atoms with Gasteiger partial charge >= 0.3 is 6.09 Å². The average molecular weight is 348 g/mol. The summed E-state index contributed by atoms with van der Waals surface area (Å²) < 4.78 is 10.6. The average Bonchev–Trinajstić information content (AvgIpc) is 2.65. The number of benzene rings is 1. The van der Waals surface area contributed by atoms with E-state index in [9.17, 15) is 4.79 Å². The number of hydrogen-bond acceptors (Lipinski definition) is 4. The first-order chi connectivity index (χ1) is 12.1. The minimum atomic E-state index is -0.257. The number of carbonyl (C=O) groups excluding carboxylic acids is 1. The van der Waals surface area contributed by atoms with E-state index in [1.54, 1.807) is 11.9 Å². The summed E-state index contributed by atoms with van der Waals surface area (Å²) in [5.74, 6) is 1.61. The number of piperidine rings is 1. The third kappa shape index (κ3) is 6.17. The van der Waals surface area contributed by atoms with Crippen molar-refractivity contribution >= 4 is 12.1 Å². The Labute approximate surface area is 149 Å². The third-order valence-electron chi connectivity index (χ3n) is 4.13. The van der Waals surface area contributed by atoms with Crippen molar-refractivity contribution in [3.63, 3.8) is 0 Å². The predicted octanol–water partition coefficient (Wildman–Crippen LogP) is 1.85. The minimum Gasteiger partial charge on any atom is -0.489 e. The smallest absolute Gasteiger partial charge is 0.409 e. The number of rotatable bonds is 5. The Kier molecular flexibility index (Phi) is 7.37. The Bertz CT molecular complexity index is 557. The van der Waals surface area contributed by atoms with Crippen molar-refractivity contribution in [2.75, 3.05) is 33.8 Å². The summed E-state index contributed by atoms with van der Waals surface area (Å²) in [5.41, 5.74) is 0. The minimum absolute atomic E-state index is 0.0159. The van der Waals surface area contributed by atoms with Gasteiger partial charge < -0.3 is 25.0 Å². The van der Waals surface area contributed by atoms with E-state index in [2.05, 4.69) is 15.6 Å². The number of guanidine groups is 1. The second kappa shape index (κ2) is 9.76. The Balaban J connectivity index is 1.71. The Morgan fingerprint density at radius 2 is 2.00 bits per heavy atom. The van der Waals surface area contributed by atoms with E-state index in [-0.39, 0.29) is 18.2 Å². The molecule has 2 rings (SSSR count). The van der Waals surface area contributed by atoms with E-state index >= 15 is 0 Å². The molecule has 0 saturated carbocycles. The van der Waals surface area contributed by atoms with Gasteiger partial charge in [0.15, 0.2) is 5.96 Å². The van der Waals surface area contributed by atoms with Gasteiger partial charge in [-0.05, 0) is 31.9 Å². The van der Waals surface area contributed by atoms with Gasteiger partial charge in [-0.2, -0.15) is 0 Å². The van der Waals surface area contributed by atoms with E-state index in [0.29, 0.717) is 19.6 Å². The van der Waals surface area contributed by atoms with Crippen LogP contribution in [0.1, 0.15) is 19.8 Å². The first kappa shape index (κ1) is 18.9. The number of para-hydroxylation sites is 1. The van der Waals surface area contributed by atoms with Crippen molar-refractivity contribution in [3.8, 4) is 5.75 Å². The fraction of sp³-hybridized carbons (Fsp3) is 0.556. The number of aliphatic imine (C=N–C) groups is 1. The summed E-state index contributed by atoms with van der Waals surface area (Å²) in [7, 11) is 3.17. The molecular weight excluding hydrogens is 320 g/mol. The number of nitrogens with one attached hydrogen (secondary N) is 2. The maximum Gasteiger partial charge on any atom is 0.409 e. The van der Waals surface area contributed by atoms with Crippen LogP contribution in [0, 0.1) is 0 Å². The van der Waals surface area contributed by atoms with Crippen LogP contribution < -0.4 is 15.4 Å². The molecule has 7 nitrogen and oxygen atoms in total. The van der Waals surface area contributed by atoms with Crippen molar-refractivity contribution in [2.45, 2.75) is 31.9 Å². The van der Waals surface area contributed by atoms with Gasteiger partial charge in [0.2, 0.25) is 0 Å². The van der Waals surface area contributed by atoms with Gasteiger partial charge in [0, 0.05) is 26.2 Å². The summed E-state index contributed by atoms with van der Waals surface area (Å²) in [6, 6.07) is 10.1. The van der Waals surface area contributed by atoms with E-state index < -0.39 is 0 Å². The normalized spacial score (nSPS) is 16.9. The van der Waals surface area contributed by atoms with Gasteiger partial charge in [0.25, 0.3) is 0 Å². The molecule has 1 aliphatic rings. The lowest BCUT2D eigenvalue weighted by Crippen LogP contribution is -2.50. The van der Waals surface area contributed by atoms with Crippen molar-refractivity contribution in [3.05, 3.63) is 30.3 Å². The fourth-order valence-electron chi connectivity index (χ4n) is 2.74. The predicted molar refractivity (Wildman–Crippen MR) is 98.0 cm³/mol. The molecule has 7 heteroatoms. The van der Waals surface area contributed by atoms with Crippen molar-refractivity contribution in [1.82, 2.24) is 15.5 Å². The molecule has 1 aromatic rings. The van der Waals surface area contributed by atoms with Gasteiger partial charge in [-0.3, -0.25) is 4.99 Å². The maximum absolute atomic E-state index is 11.5. The SMILES string of the molecule is CN=C(NCC(C)Oc1ccccc1)NC1CCN(C(=O)OC)CC1. The molecule has 1 saturated heterocycles. The maximum atomic E-state index is 11.5. The zero-order chi connectivity index (χ0) is 18.1. The molecule has 25 heavy (non-hydrogen) atoms. The summed E-state index contributed by atoms with van der Waals surface area (Å²) in [6.45, 7) is 4.04. The molecule has 1 heterocycles. The highest BCUT2D eigenvalue weighted by atomic mass is 16.5. The van der Waals surface area contributed by atoms with Crippen LogP contribution in [0.25, 0.3) is 0 Å². The molecule has 0 spiro atoms. The summed E-state index contributed by atoms with van der Waals surface area (Å²) in [6.07, 6.45) is 1.49. The zero-order valence-electron chi connectivity index (χ0n) is 15.2. The fourth-order valence-corrected chi connectivity index (χ4v) is 2.74. The molecule has 2 N–H and O–H groups in total. The van der Waals surface area contributed by atoms with Gasteiger partial charge in [0.1, 0.15) is 11.9 Å². The van der Waals surface area contributed by atoms with Gasteiger partial charge in [-0.15, -0.1) is 0 Å². The number of amides is 1. The largest absolute Gasteiger partial charge is 0.489 e. The van der Waals surface area contributed by atoms with E-state index in [1.807, 2.05) is 37.3 Å². The number of nitrogens with zero attached hydrogens (tertiary/aromatic N) is 2. The van der Waals surface area contributed by atoms with Crippen LogP contribution in [0.2, 0.25) is 0 Å². The lowest BCUT2D eigenvalue weighted by molar-refractivity contribution is 0.111. The second-order valence-electron chi connectivity index (χ2n) is 6.07. The van der Waals surface area contributed by atoms with Crippen molar-refractivity contribution in [1.29, 1.82) is 0 Å². The van der Waals surface area contributed by atoms with Crippen molar-refractivity contribution in [2.24, 2.45) is 4.99 Å². The molecule has 1 aromatic carbocycles. The lowest BCUT2D eigenvalue weighted by Gasteiger charge is -2.32. The number of hydrogen-bond donors (Lipinski definition) is 2.